The van der Waals surface area contributed by atoms with Crippen molar-refractivity contribution in [3.05, 3.63) is 71.8 Å². The first-order chi connectivity index (χ1) is 14.0. The van der Waals surface area contributed by atoms with Gasteiger partial charge in [-0.25, -0.2) is 5.43 Å². The highest BCUT2D eigenvalue weighted by atomic mass is 16.3. The molecule has 0 heterocycles. The van der Waals surface area contributed by atoms with Gasteiger partial charge in [-0.05, 0) is 60.4 Å². The van der Waals surface area contributed by atoms with Crippen molar-refractivity contribution in [1.29, 1.82) is 0 Å². The number of nitrogens with one attached hydrogen (secondary N) is 2. The van der Waals surface area contributed by atoms with E-state index in [1.807, 2.05) is 48.5 Å². The number of fused-ring (bicyclic) bond motifs is 1. The summed E-state index contributed by atoms with van der Waals surface area (Å²) in [5, 5.41) is 18.9. The standard InChI is InChI=1S/C23H21N3O3/c1-14(16-7-4-8-19(11-16)24-22(28)15-9-10-15)25-26-23(29)20-12-17-5-2-3-6-18(17)13-21(20)27/h2-8,11-13,15,27H,9-10H2,1H3,(H,24,28)(H,26,29). The number of carbonyl (C=O) groups is 2. The molecular weight excluding hydrogens is 366 g/mol. The zero-order valence-electron chi connectivity index (χ0n) is 16.0. The van der Waals surface area contributed by atoms with Crippen molar-refractivity contribution in [2.75, 3.05) is 5.32 Å². The number of carbonyl (C=O) groups excluding carboxylic acids is 2. The molecule has 1 aliphatic carbocycles. The van der Waals surface area contributed by atoms with Crippen molar-refractivity contribution in [2.45, 2.75) is 19.8 Å². The Bertz CT molecular complexity index is 1130. The Kier molecular flexibility index (Phi) is 4.99. The van der Waals surface area contributed by atoms with E-state index in [2.05, 4.69) is 15.8 Å². The molecular formula is C23H21N3O3. The molecule has 0 radical (unpaired) electrons. The molecule has 6 heteroatoms. The third-order valence-electron chi connectivity index (χ3n) is 4.93. The summed E-state index contributed by atoms with van der Waals surface area (Å²) in [7, 11) is 0. The molecule has 0 saturated heterocycles. The molecule has 0 spiro atoms. The van der Waals surface area contributed by atoms with Crippen LogP contribution in [-0.2, 0) is 4.79 Å². The summed E-state index contributed by atoms with van der Waals surface area (Å²) in [6.45, 7) is 1.77. The van der Waals surface area contributed by atoms with Crippen molar-refractivity contribution in [3.63, 3.8) is 0 Å². The minimum absolute atomic E-state index is 0.0387. The van der Waals surface area contributed by atoms with Crippen LogP contribution in [-0.4, -0.2) is 22.6 Å². The van der Waals surface area contributed by atoms with E-state index >= 15 is 0 Å². The van der Waals surface area contributed by atoms with Crippen LogP contribution in [0.4, 0.5) is 5.69 Å². The number of benzene rings is 3. The molecule has 4 rings (SSSR count). The van der Waals surface area contributed by atoms with Gasteiger partial charge >= 0.3 is 0 Å². The number of hydrogen-bond donors (Lipinski definition) is 3. The van der Waals surface area contributed by atoms with E-state index in [0.29, 0.717) is 11.4 Å². The lowest BCUT2D eigenvalue weighted by molar-refractivity contribution is -0.117. The lowest BCUT2D eigenvalue weighted by Crippen LogP contribution is -2.19. The number of phenolic OH excluding ortho intramolecular Hbond substituents is 1. The Morgan fingerprint density at radius 1 is 1.00 bits per heavy atom. The largest absolute Gasteiger partial charge is 0.507 e. The van der Waals surface area contributed by atoms with Gasteiger partial charge in [0.25, 0.3) is 5.91 Å². The highest BCUT2D eigenvalue weighted by Crippen LogP contribution is 2.30. The van der Waals surface area contributed by atoms with Crippen molar-refractivity contribution in [1.82, 2.24) is 5.43 Å². The molecule has 0 aromatic heterocycles. The fourth-order valence-corrected chi connectivity index (χ4v) is 3.08. The molecule has 0 bridgehead atoms. The average Bonchev–Trinajstić information content (AvgIpc) is 3.57. The number of nitrogens with zero attached hydrogens (tertiary/aromatic N) is 1. The van der Waals surface area contributed by atoms with Gasteiger partial charge < -0.3 is 10.4 Å². The van der Waals surface area contributed by atoms with Gasteiger partial charge in [0.1, 0.15) is 5.75 Å². The van der Waals surface area contributed by atoms with Gasteiger partial charge in [-0.2, -0.15) is 5.10 Å². The Morgan fingerprint density at radius 3 is 2.45 bits per heavy atom. The molecule has 3 aromatic rings. The number of hydrogen-bond acceptors (Lipinski definition) is 4. The van der Waals surface area contributed by atoms with Crippen molar-refractivity contribution in [3.8, 4) is 5.75 Å². The summed E-state index contributed by atoms with van der Waals surface area (Å²) in [5.41, 5.74) is 4.72. The second-order valence-electron chi connectivity index (χ2n) is 7.20. The maximum absolute atomic E-state index is 12.5. The summed E-state index contributed by atoms with van der Waals surface area (Å²) < 4.78 is 0. The first-order valence-corrected chi connectivity index (χ1v) is 9.49. The van der Waals surface area contributed by atoms with Gasteiger partial charge in [-0.1, -0.05) is 36.4 Å². The molecule has 0 aliphatic heterocycles. The number of hydrazone groups is 1. The maximum Gasteiger partial charge on any atom is 0.275 e. The normalized spacial score (nSPS) is 13.9. The lowest BCUT2D eigenvalue weighted by atomic mass is 10.1. The number of rotatable bonds is 5. The third-order valence-corrected chi connectivity index (χ3v) is 4.93. The smallest absolute Gasteiger partial charge is 0.275 e. The van der Waals surface area contributed by atoms with Crippen LogP contribution >= 0.6 is 0 Å². The summed E-state index contributed by atoms with van der Waals surface area (Å²) >= 11 is 0. The number of phenols is 1. The van der Waals surface area contributed by atoms with E-state index < -0.39 is 5.91 Å². The number of aromatic hydroxyl groups is 1. The van der Waals surface area contributed by atoms with Gasteiger partial charge in [-0.3, -0.25) is 9.59 Å². The van der Waals surface area contributed by atoms with Gasteiger partial charge in [0.05, 0.1) is 11.3 Å². The average molecular weight is 387 g/mol. The SMILES string of the molecule is CC(=NNC(=O)c1cc2ccccc2cc1O)c1cccc(NC(=O)C2CC2)c1. The minimum Gasteiger partial charge on any atom is -0.507 e. The van der Waals surface area contributed by atoms with Crippen molar-refractivity contribution in [2.24, 2.45) is 11.0 Å². The summed E-state index contributed by atoms with van der Waals surface area (Å²) in [4.78, 5) is 24.4. The molecule has 1 fully saturated rings. The molecule has 2 amide bonds. The quantitative estimate of drug-likeness (QED) is 0.456. The zero-order valence-corrected chi connectivity index (χ0v) is 16.0. The number of anilines is 1. The van der Waals surface area contributed by atoms with E-state index in [1.165, 1.54) is 0 Å². The van der Waals surface area contributed by atoms with Crippen LogP contribution in [0.15, 0.2) is 65.8 Å². The van der Waals surface area contributed by atoms with Crippen LogP contribution in [0.25, 0.3) is 10.8 Å². The van der Waals surface area contributed by atoms with E-state index in [0.717, 1.165) is 29.2 Å². The third kappa shape index (κ3) is 4.27. The van der Waals surface area contributed by atoms with Crippen LogP contribution in [0, 0.1) is 5.92 Å². The van der Waals surface area contributed by atoms with Gasteiger partial charge in [-0.15, -0.1) is 0 Å². The van der Waals surface area contributed by atoms with E-state index in [9.17, 15) is 14.7 Å². The van der Waals surface area contributed by atoms with Gasteiger partial charge in [0.15, 0.2) is 0 Å². The molecule has 1 saturated carbocycles. The highest BCUT2D eigenvalue weighted by molar-refractivity contribution is 6.04. The number of amides is 2. The van der Waals surface area contributed by atoms with Crippen LogP contribution in [0.1, 0.15) is 35.7 Å². The Morgan fingerprint density at radius 2 is 1.72 bits per heavy atom. The van der Waals surface area contributed by atoms with Crippen molar-refractivity contribution >= 4 is 34.0 Å². The fraction of sp³-hybridized carbons (Fsp3) is 0.174. The minimum atomic E-state index is -0.495. The maximum atomic E-state index is 12.5. The molecule has 29 heavy (non-hydrogen) atoms. The van der Waals surface area contributed by atoms with E-state index in [-0.39, 0.29) is 23.1 Å². The highest BCUT2D eigenvalue weighted by Gasteiger charge is 2.29. The van der Waals surface area contributed by atoms with Gasteiger partial charge in [0, 0.05) is 11.6 Å². The summed E-state index contributed by atoms with van der Waals surface area (Å²) in [5.74, 6) is -0.427. The Balaban J connectivity index is 1.49. The van der Waals surface area contributed by atoms with E-state index in [1.54, 1.807) is 19.1 Å². The fourth-order valence-electron chi connectivity index (χ4n) is 3.08. The summed E-state index contributed by atoms with van der Waals surface area (Å²) in [6, 6.07) is 18.0. The second-order valence-corrected chi connectivity index (χ2v) is 7.20. The molecule has 0 unspecified atom stereocenters. The van der Waals surface area contributed by atoms with Crippen LogP contribution < -0.4 is 10.7 Å². The Hall–Kier alpha value is -3.67. The molecule has 1 aliphatic rings. The predicted octanol–water partition coefficient (Wildman–Crippen LogP) is 4.05. The Labute approximate surface area is 168 Å². The first kappa shape index (κ1) is 18.7. The van der Waals surface area contributed by atoms with E-state index in [4.69, 9.17) is 0 Å². The van der Waals surface area contributed by atoms with Crippen LogP contribution in [0.3, 0.4) is 0 Å². The molecule has 6 nitrogen and oxygen atoms in total. The molecule has 0 atom stereocenters. The molecule has 146 valence electrons. The lowest BCUT2D eigenvalue weighted by Gasteiger charge is -2.08. The first-order valence-electron chi connectivity index (χ1n) is 9.49. The van der Waals surface area contributed by atoms with Crippen LogP contribution in [0.5, 0.6) is 5.75 Å². The zero-order chi connectivity index (χ0) is 20.4. The summed E-state index contributed by atoms with van der Waals surface area (Å²) in [6.07, 6.45) is 1.89. The molecule has 3 aromatic carbocycles. The predicted molar refractivity (Wildman–Crippen MR) is 113 cm³/mol. The van der Waals surface area contributed by atoms with Gasteiger partial charge in [0.2, 0.25) is 5.91 Å². The monoisotopic (exact) mass is 387 g/mol. The van der Waals surface area contributed by atoms with Crippen molar-refractivity contribution < 1.29 is 14.7 Å². The topological polar surface area (TPSA) is 90.8 Å². The molecule has 3 N–H and O–H groups in total. The van der Waals surface area contributed by atoms with Crippen LogP contribution in [0.2, 0.25) is 0 Å². The second kappa shape index (κ2) is 7.75.